The van der Waals surface area contributed by atoms with Crippen molar-refractivity contribution in [2.75, 3.05) is 9.44 Å². The number of nitrogens with zero attached hydrogens (tertiary/aromatic N) is 1. The van der Waals surface area contributed by atoms with Gasteiger partial charge in [0, 0.05) is 10.8 Å². The Balaban J connectivity index is 0.00000683. The van der Waals surface area contributed by atoms with Gasteiger partial charge in [-0.15, -0.1) is 0 Å². The third kappa shape index (κ3) is 15.3. The summed E-state index contributed by atoms with van der Waals surface area (Å²) in [5.41, 5.74) is -5.12. The van der Waals surface area contributed by atoms with Gasteiger partial charge in [-0.3, -0.25) is 9.44 Å². The standard InChI is InChI=1S/C36H23N3O16S4.6Na/c40-31(41)16-5-17(32(42)43)9-22(8-16)37-58(52,53)25-1-3-27-28-4-2-26(59(54,55)38-23-10-18(33(44)45)6-19(11-23)34(46)47)15-30(28)57-39(56-29(27)14-25)24-12-20(35(48)49)7-21(13-24)36(50)51;;;;;;/h1-15,37-38H,(H,40,41)(H,42,43)(H,44,45)(H,46,47)(H,48,49)(H,50,51);;;;;;/q;6*+1/p-6. The van der Waals surface area contributed by atoms with Crippen LogP contribution in [0.5, 0.6) is 0 Å². The van der Waals surface area contributed by atoms with Crippen LogP contribution in [0.3, 0.4) is 0 Å². The fraction of sp³-hybridized carbons (Fsp3) is 0. The summed E-state index contributed by atoms with van der Waals surface area (Å²) >= 11 is 1.44. The number of aromatic carboxylic acids is 6. The number of anilines is 2. The van der Waals surface area contributed by atoms with E-state index in [9.17, 15) is 76.2 Å². The topological polar surface area (TPSA) is 338 Å². The molecule has 29 heteroatoms. The van der Waals surface area contributed by atoms with Crippen molar-refractivity contribution in [1.29, 1.82) is 0 Å². The molecule has 0 aliphatic carbocycles. The predicted molar refractivity (Wildman–Crippen MR) is 195 cm³/mol. The van der Waals surface area contributed by atoms with E-state index in [1.807, 2.05) is 0 Å². The third-order valence-corrected chi connectivity index (χ3v) is 13.1. The second kappa shape index (κ2) is 26.0. The first-order valence-electron chi connectivity index (χ1n) is 15.9. The number of carboxylic acids is 6. The summed E-state index contributed by atoms with van der Waals surface area (Å²) < 4.78 is 60.1. The number of carbonyl (C=O) groups is 6. The van der Waals surface area contributed by atoms with Crippen LogP contribution < -0.4 is 217 Å². The molecule has 6 aromatic rings. The van der Waals surface area contributed by atoms with E-state index < -0.39 is 110 Å². The molecule has 0 radical (unpaired) electrons. The minimum absolute atomic E-state index is 0. The van der Waals surface area contributed by atoms with E-state index in [4.69, 9.17) is 0 Å². The molecule has 1 heterocycles. The predicted octanol–water partition coefficient (Wildman–Crippen LogP) is -20.2. The molecule has 0 unspecified atom stereocenters. The number of carboxylic acid groups (broad SMARTS) is 6. The second-order valence-corrected chi connectivity index (χ2v) is 17.6. The normalized spacial score (nSPS) is 10.4. The van der Waals surface area contributed by atoms with Crippen LogP contribution >= 0.6 is 23.1 Å². The van der Waals surface area contributed by atoms with E-state index in [-0.39, 0.29) is 203 Å². The summed E-state index contributed by atoms with van der Waals surface area (Å²) in [5.74, 6) is -10.9. The fourth-order valence-electron chi connectivity index (χ4n) is 5.46. The monoisotopic (exact) mass is 1010 g/mol. The van der Waals surface area contributed by atoms with Crippen molar-refractivity contribution < 1.29 is 254 Å². The van der Waals surface area contributed by atoms with Gasteiger partial charge in [-0.25, -0.2) is 20.2 Å². The summed E-state index contributed by atoms with van der Waals surface area (Å²) in [4.78, 5) is 68.7. The zero-order chi connectivity index (χ0) is 43.1. The van der Waals surface area contributed by atoms with Crippen molar-refractivity contribution in [1.82, 2.24) is 3.35 Å². The smallest absolute Gasteiger partial charge is 0.545 e. The molecule has 2 N–H and O–H groups in total. The number of nitrogens with one attached hydrogen (secondary N) is 2. The van der Waals surface area contributed by atoms with Crippen LogP contribution in [0.15, 0.2) is 101 Å². The molecule has 0 aliphatic heterocycles. The van der Waals surface area contributed by atoms with Crippen LogP contribution in [0.1, 0.15) is 62.1 Å². The number of sulfonamides is 2. The van der Waals surface area contributed by atoms with Gasteiger partial charge < -0.3 is 59.4 Å². The zero-order valence-electron chi connectivity index (χ0n) is 34.8. The van der Waals surface area contributed by atoms with Gasteiger partial charge in [0.05, 0.1) is 72.1 Å². The molecule has 0 amide bonds. The number of benzene rings is 5. The fourth-order valence-corrected chi connectivity index (χ4v) is 10.1. The minimum Gasteiger partial charge on any atom is -0.545 e. The van der Waals surface area contributed by atoms with Crippen LogP contribution in [0.25, 0.3) is 25.9 Å². The minimum atomic E-state index is -4.67. The second-order valence-electron chi connectivity index (χ2n) is 12.1. The maximum absolute atomic E-state index is 13.6. The average molecular weight is 1010 g/mol. The van der Waals surface area contributed by atoms with E-state index in [0.717, 1.165) is 89.8 Å². The Morgan fingerprint density at radius 1 is 0.400 bits per heavy atom. The molecule has 0 saturated heterocycles. The van der Waals surface area contributed by atoms with E-state index in [0.29, 0.717) is 12.1 Å². The summed E-state index contributed by atoms with van der Waals surface area (Å²) in [6.07, 6.45) is 0. The molecular formula is C36H17N3Na6O16S4. The molecule has 0 aliphatic rings. The molecular weight excluding hydrogens is 997 g/mol. The molecule has 1 aromatic heterocycles. The van der Waals surface area contributed by atoms with E-state index in [1.165, 1.54) is 15.5 Å². The molecule has 0 atom stereocenters. The Kier molecular flexibility index (Phi) is 25.5. The van der Waals surface area contributed by atoms with Gasteiger partial charge in [0.2, 0.25) is 0 Å². The van der Waals surface area contributed by atoms with E-state index in [1.54, 1.807) is 0 Å². The molecule has 0 bridgehead atoms. The summed E-state index contributed by atoms with van der Waals surface area (Å²) in [6, 6.07) is 14.4. The van der Waals surface area contributed by atoms with E-state index >= 15 is 0 Å². The van der Waals surface area contributed by atoms with Crippen molar-refractivity contribution in [3.63, 3.8) is 0 Å². The molecule has 0 saturated carbocycles. The first kappa shape index (κ1) is 63.7. The Bertz CT molecular complexity index is 2890. The van der Waals surface area contributed by atoms with Gasteiger partial charge in [0.25, 0.3) is 20.0 Å². The largest absolute Gasteiger partial charge is 1.00 e. The maximum atomic E-state index is 13.6. The number of rotatable bonds is 13. The molecule has 19 nitrogen and oxygen atoms in total. The van der Waals surface area contributed by atoms with Gasteiger partial charge in [-0.2, -0.15) is 0 Å². The number of hydrogen-bond acceptors (Lipinski definition) is 18. The maximum Gasteiger partial charge on any atom is 1.00 e. The number of fused-ring (bicyclic) bond motifs is 3. The quantitative estimate of drug-likeness (QED) is 0.101. The van der Waals surface area contributed by atoms with Crippen molar-refractivity contribution in [2.45, 2.75) is 9.79 Å². The van der Waals surface area contributed by atoms with Crippen molar-refractivity contribution in [3.8, 4) is 5.69 Å². The molecule has 302 valence electrons. The first-order valence-corrected chi connectivity index (χ1v) is 20.4. The molecule has 65 heavy (non-hydrogen) atoms. The third-order valence-electron chi connectivity index (χ3n) is 8.09. The molecule has 0 spiro atoms. The average Bonchev–Trinajstić information content (AvgIpc) is 3.33. The Morgan fingerprint density at radius 3 is 0.923 bits per heavy atom. The number of hydrogen-bond donors (Lipinski definition) is 2. The Hall–Kier alpha value is -1.34. The van der Waals surface area contributed by atoms with Gasteiger partial charge in [-0.1, -0.05) is 12.1 Å². The van der Waals surface area contributed by atoms with Gasteiger partial charge in [-0.05, 0) is 135 Å². The number of carbonyl (C=O) groups excluding carboxylic acids is 6. The molecule has 5 aromatic carbocycles. The summed E-state index contributed by atoms with van der Waals surface area (Å²) in [7, 11) is -9.34. The Labute approximate surface area is 508 Å². The molecule has 0 fully saturated rings. The number of aromatic nitrogens is 1. The van der Waals surface area contributed by atoms with Crippen LogP contribution in [0, 0.1) is 0 Å². The SMILES string of the molecule is O=C([O-])c1cc(NS(=O)(=O)c2ccc3c(c2)sn(-c2cc(C(=O)[O-])cc(C(=O)[O-])c2)sc2cc(S(=O)(=O)Nc4cc(C(=O)[O-])cc(C(=O)[O-])c4)ccc23)cc(C(=O)[O-])c1.[Na+].[Na+].[Na+].[Na+].[Na+].[Na+]. The zero-order valence-corrected chi connectivity index (χ0v) is 50.0. The molecule has 6 rings (SSSR count). The van der Waals surface area contributed by atoms with Gasteiger partial charge >= 0.3 is 177 Å². The van der Waals surface area contributed by atoms with Crippen LogP contribution in [0.4, 0.5) is 11.4 Å². The summed E-state index contributed by atoms with van der Waals surface area (Å²) in [5, 5.41) is 70.2. The Morgan fingerprint density at radius 2 is 0.662 bits per heavy atom. The van der Waals surface area contributed by atoms with Gasteiger partial charge in [0.15, 0.2) is 0 Å². The van der Waals surface area contributed by atoms with Crippen molar-refractivity contribution in [3.05, 3.63) is 124 Å². The van der Waals surface area contributed by atoms with Crippen LogP contribution in [0.2, 0.25) is 0 Å². The van der Waals surface area contributed by atoms with Crippen LogP contribution in [-0.4, -0.2) is 56.0 Å². The van der Waals surface area contributed by atoms with E-state index in [2.05, 4.69) is 9.44 Å². The van der Waals surface area contributed by atoms with Crippen LogP contribution in [-0.2, 0) is 20.0 Å². The van der Waals surface area contributed by atoms with Gasteiger partial charge in [0.1, 0.15) is 0 Å². The first-order chi connectivity index (χ1) is 27.6. The summed E-state index contributed by atoms with van der Waals surface area (Å²) in [6.45, 7) is 0. The van der Waals surface area contributed by atoms with Crippen molar-refractivity contribution >= 4 is 110 Å². The van der Waals surface area contributed by atoms with Crippen molar-refractivity contribution in [2.24, 2.45) is 0 Å².